The molecule has 25 heavy (non-hydrogen) atoms. The Morgan fingerprint density at radius 3 is 2.64 bits per heavy atom. The zero-order valence-corrected chi connectivity index (χ0v) is 15.4. The van der Waals surface area contributed by atoms with Crippen molar-refractivity contribution in [3.05, 3.63) is 29.3 Å². The molecule has 1 aliphatic carbocycles. The fourth-order valence-corrected chi connectivity index (χ4v) is 3.03. The van der Waals surface area contributed by atoms with Crippen LogP contribution in [-0.2, 0) is 4.74 Å². The zero-order chi connectivity index (χ0) is 18.2. The summed E-state index contributed by atoms with van der Waals surface area (Å²) in [5.41, 5.74) is 2.19. The van der Waals surface area contributed by atoms with Crippen molar-refractivity contribution in [2.24, 2.45) is 0 Å². The van der Waals surface area contributed by atoms with Gasteiger partial charge in [-0.05, 0) is 56.9 Å². The quantitative estimate of drug-likeness (QED) is 0.708. The van der Waals surface area contributed by atoms with Crippen LogP contribution in [0.3, 0.4) is 0 Å². The number of ether oxygens (including phenoxy) is 1. The second-order valence-electron chi connectivity index (χ2n) is 6.77. The third-order valence-corrected chi connectivity index (χ3v) is 4.56. The van der Waals surface area contributed by atoms with E-state index in [2.05, 4.69) is 16.0 Å². The molecule has 0 saturated heterocycles. The lowest BCUT2D eigenvalue weighted by Crippen LogP contribution is -2.37. The number of hydrogen-bond acceptors (Lipinski definition) is 3. The SMILES string of the molecule is COCCC(C)NC(=O)Nc1ccc(C(=O)NC2CCCC2)cc1C. The summed E-state index contributed by atoms with van der Waals surface area (Å²) in [4.78, 5) is 24.4. The molecule has 3 amide bonds. The Labute approximate surface area is 149 Å². The normalized spacial score (nSPS) is 15.6. The first-order chi connectivity index (χ1) is 12.0. The van der Waals surface area contributed by atoms with E-state index in [1.807, 2.05) is 19.9 Å². The number of urea groups is 1. The van der Waals surface area contributed by atoms with Crippen LogP contribution in [0, 0.1) is 6.92 Å². The molecule has 1 aliphatic rings. The number of aryl methyl sites for hydroxylation is 1. The number of nitrogens with one attached hydrogen (secondary N) is 3. The average Bonchev–Trinajstić information content (AvgIpc) is 3.07. The molecule has 1 unspecified atom stereocenters. The maximum Gasteiger partial charge on any atom is 0.319 e. The summed E-state index contributed by atoms with van der Waals surface area (Å²) in [5, 5.41) is 8.78. The first kappa shape index (κ1) is 19.2. The molecular formula is C19H29N3O3. The first-order valence-electron chi connectivity index (χ1n) is 8.97. The van der Waals surface area contributed by atoms with Gasteiger partial charge in [0.25, 0.3) is 5.91 Å². The molecule has 1 atom stereocenters. The number of carbonyl (C=O) groups excluding carboxylic acids is 2. The Morgan fingerprint density at radius 2 is 2.00 bits per heavy atom. The van der Waals surface area contributed by atoms with Gasteiger partial charge in [-0.25, -0.2) is 4.79 Å². The van der Waals surface area contributed by atoms with Gasteiger partial charge in [-0.15, -0.1) is 0 Å². The lowest BCUT2D eigenvalue weighted by atomic mass is 10.1. The first-order valence-corrected chi connectivity index (χ1v) is 8.97. The summed E-state index contributed by atoms with van der Waals surface area (Å²) in [6.45, 7) is 4.42. The maximum absolute atomic E-state index is 12.3. The Bertz CT molecular complexity index is 598. The fourth-order valence-electron chi connectivity index (χ4n) is 3.03. The van der Waals surface area contributed by atoms with Gasteiger partial charge in [-0.1, -0.05) is 12.8 Å². The predicted octanol–water partition coefficient (Wildman–Crippen LogP) is 3.21. The number of carbonyl (C=O) groups is 2. The molecule has 3 N–H and O–H groups in total. The Kier molecular flexibility index (Phi) is 7.25. The van der Waals surface area contributed by atoms with Crippen molar-refractivity contribution in [1.29, 1.82) is 0 Å². The molecule has 1 aromatic rings. The van der Waals surface area contributed by atoms with Crippen LogP contribution in [-0.4, -0.2) is 37.7 Å². The van der Waals surface area contributed by atoms with Crippen molar-refractivity contribution in [1.82, 2.24) is 10.6 Å². The van der Waals surface area contributed by atoms with Crippen molar-refractivity contribution in [3.63, 3.8) is 0 Å². The second kappa shape index (κ2) is 9.42. The average molecular weight is 347 g/mol. The van der Waals surface area contributed by atoms with E-state index in [-0.39, 0.29) is 18.0 Å². The number of anilines is 1. The molecule has 6 heteroatoms. The standard InChI is InChI=1S/C19H29N3O3/c1-13-12-15(18(23)21-16-6-4-5-7-16)8-9-17(13)22-19(24)20-14(2)10-11-25-3/h8-9,12,14,16H,4-7,10-11H2,1-3H3,(H,21,23)(H2,20,22,24). The smallest absolute Gasteiger partial charge is 0.319 e. The van der Waals surface area contributed by atoms with E-state index in [0.29, 0.717) is 23.9 Å². The van der Waals surface area contributed by atoms with E-state index in [9.17, 15) is 9.59 Å². The van der Waals surface area contributed by atoms with E-state index in [0.717, 1.165) is 24.8 Å². The molecular weight excluding hydrogens is 318 g/mol. The largest absolute Gasteiger partial charge is 0.385 e. The molecule has 138 valence electrons. The highest BCUT2D eigenvalue weighted by Crippen LogP contribution is 2.20. The third kappa shape index (κ3) is 6.05. The van der Waals surface area contributed by atoms with Gasteiger partial charge in [0.2, 0.25) is 0 Å². The number of amides is 3. The second-order valence-corrected chi connectivity index (χ2v) is 6.77. The molecule has 0 aromatic heterocycles. The fraction of sp³-hybridized carbons (Fsp3) is 0.579. The third-order valence-electron chi connectivity index (χ3n) is 4.56. The Morgan fingerprint density at radius 1 is 1.28 bits per heavy atom. The number of methoxy groups -OCH3 is 1. The molecule has 0 aliphatic heterocycles. The molecule has 0 heterocycles. The van der Waals surface area contributed by atoms with Gasteiger partial charge in [0, 0.05) is 37.1 Å². The van der Waals surface area contributed by atoms with Crippen LogP contribution in [0.15, 0.2) is 18.2 Å². The van der Waals surface area contributed by atoms with Crippen molar-refractivity contribution in [2.45, 2.75) is 58.0 Å². The minimum Gasteiger partial charge on any atom is -0.385 e. The maximum atomic E-state index is 12.3. The zero-order valence-electron chi connectivity index (χ0n) is 15.4. The summed E-state index contributed by atoms with van der Waals surface area (Å²) in [5.74, 6) is -0.0424. The topological polar surface area (TPSA) is 79.5 Å². The summed E-state index contributed by atoms with van der Waals surface area (Å²) < 4.78 is 5.00. The van der Waals surface area contributed by atoms with Gasteiger partial charge in [-0.2, -0.15) is 0 Å². The highest BCUT2D eigenvalue weighted by molar-refractivity contribution is 5.96. The Hall–Kier alpha value is -2.08. The molecule has 0 bridgehead atoms. The van der Waals surface area contributed by atoms with Crippen molar-refractivity contribution in [3.8, 4) is 0 Å². The predicted molar refractivity (Wildman–Crippen MR) is 99.0 cm³/mol. The van der Waals surface area contributed by atoms with Gasteiger partial charge in [0.1, 0.15) is 0 Å². The van der Waals surface area contributed by atoms with Crippen LogP contribution < -0.4 is 16.0 Å². The van der Waals surface area contributed by atoms with E-state index >= 15 is 0 Å². The molecule has 6 nitrogen and oxygen atoms in total. The summed E-state index contributed by atoms with van der Waals surface area (Å²) >= 11 is 0. The minimum atomic E-state index is -0.255. The number of benzene rings is 1. The van der Waals surface area contributed by atoms with Gasteiger partial charge in [-0.3, -0.25) is 4.79 Å². The van der Waals surface area contributed by atoms with E-state index in [1.54, 1.807) is 19.2 Å². The molecule has 1 aromatic carbocycles. The summed E-state index contributed by atoms with van der Waals surface area (Å²) in [6.07, 6.45) is 5.25. The van der Waals surface area contributed by atoms with Crippen molar-refractivity contribution in [2.75, 3.05) is 19.0 Å². The van der Waals surface area contributed by atoms with E-state index in [4.69, 9.17) is 4.74 Å². The molecule has 1 saturated carbocycles. The van der Waals surface area contributed by atoms with Crippen molar-refractivity contribution >= 4 is 17.6 Å². The summed E-state index contributed by atoms with van der Waals surface area (Å²) in [7, 11) is 1.64. The van der Waals surface area contributed by atoms with Crippen LogP contribution in [0.1, 0.15) is 54.9 Å². The molecule has 0 spiro atoms. The van der Waals surface area contributed by atoms with Crippen LogP contribution >= 0.6 is 0 Å². The molecule has 2 rings (SSSR count). The molecule has 0 radical (unpaired) electrons. The van der Waals surface area contributed by atoms with Gasteiger partial charge in [0.05, 0.1) is 0 Å². The van der Waals surface area contributed by atoms with Crippen LogP contribution in [0.5, 0.6) is 0 Å². The number of rotatable bonds is 7. The van der Waals surface area contributed by atoms with Gasteiger partial charge >= 0.3 is 6.03 Å². The van der Waals surface area contributed by atoms with Gasteiger partial charge in [0.15, 0.2) is 0 Å². The summed E-state index contributed by atoms with van der Waals surface area (Å²) in [6, 6.07) is 5.41. The highest BCUT2D eigenvalue weighted by Gasteiger charge is 2.18. The lowest BCUT2D eigenvalue weighted by molar-refractivity contribution is 0.0938. The van der Waals surface area contributed by atoms with Gasteiger partial charge < -0.3 is 20.7 Å². The van der Waals surface area contributed by atoms with Crippen LogP contribution in [0.25, 0.3) is 0 Å². The minimum absolute atomic E-state index is 0.0247. The Balaban J connectivity index is 1.89. The van der Waals surface area contributed by atoms with Crippen molar-refractivity contribution < 1.29 is 14.3 Å². The lowest BCUT2D eigenvalue weighted by Gasteiger charge is -2.16. The van der Waals surface area contributed by atoms with Crippen LogP contribution in [0.2, 0.25) is 0 Å². The highest BCUT2D eigenvalue weighted by atomic mass is 16.5. The van der Waals surface area contributed by atoms with E-state index in [1.165, 1.54) is 12.8 Å². The van der Waals surface area contributed by atoms with Crippen LogP contribution in [0.4, 0.5) is 10.5 Å². The molecule has 1 fully saturated rings. The monoisotopic (exact) mass is 347 g/mol. The van der Waals surface area contributed by atoms with E-state index < -0.39 is 0 Å². The number of hydrogen-bond donors (Lipinski definition) is 3.